The number of anilines is 1. The van der Waals surface area contributed by atoms with E-state index in [0.29, 0.717) is 11.3 Å². The number of esters is 1. The Labute approximate surface area is 114 Å². The van der Waals surface area contributed by atoms with E-state index < -0.39 is 17.8 Å². The van der Waals surface area contributed by atoms with E-state index >= 15 is 0 Å². The fourth-order valence-corrected chi connectivity index (χ4v) is 1.56. The Morgan fingerprint density at radius 2 is 1.90 bits per heavy atom. The number of hydrogen-bond acceptors (Lipinski definition) is 4. The lowest BCUT2D eigenvalue weighted by atomic mass is 10.2. The molecule has 1 amide bonds. The molecule has 0 radical (unpaired) electrons. The van der Waals surface area contributed by atoms with E-state index in [-0.39, 0.29) is 5.56 Å². The van der Waals surface area contributed by atoms with Gasteiger partial charge in [0.05, 0.1) is 18.2 Å². The first-order valence-electron chi connectivity index (χ1n) is 5.72. The van der Waals surface area contributed by atoms with Gasteiger partial charge in [0, 0.05) is 11.9 Å². The lowest BCUT2D eigenvalue weighted by Gasteiger charge is -2.06. The van der Waals surface area contributed by atoms with Crippen LogP contribution in [0.5, 0.6) is 0 Å². The van der Waals surface area contributed by atoms with Crippen molar-refractivity contribution in [1.82, 2.24) is 4.98 Å². The molecule has 1 aromatic heterocycles. The van der Waals surface area contributed by atoms with Gasteiger partial charge in [-0.25, -0.2) is 9.78 Å². The Hall–Kier alpha value is -2.76. The quantitative estimate of drug-likeness (QED) is 0.688. The molecule has 0 saturated heterocycles. The minimum absolute atomic E-state index is 0.149. The predicted molar refractivity (Wildman–Crippen MR) is 69.9 cm³/mol. The zero-order valence-corrected chi connectivity index (χ0v) is 10.6. The van der Waals surface area contributed by atoms with Crippen LogP contribution < -0.4 is 5.32 Å². The molecule has 1 aromatic carbocycles. The third-order valence-corrected chi connectivity index (χ3v) is 2.57. The summed E-state index contributed by atoms with van der Waals surface area (Å²) in [4.78, 5) is 26.5. The second-order valence-corrected chi connectivity index (χ2v) is 3.86. The monoisotopic (exact) mass is 274 g/mol. The van der Waals surface area contributed by atoms with Crippen LogP contribution in [0.2, 0.25) is 0 Å². The van der Waals surface area contributed by atoms with Gasteiger partial charge in [0.15, 0.2) is 0 Å². The van der Waals surface area contributed by atoms with Crippen LogP contribution in [0.15, 0.2) is 42.6 Å². The maximum atomic E-state index is 13.3. The molecule has 2 rings (SSSR count). The Bertz CT molecular complexity index is 641. The number of halogens is 1. The number of ether oxygens (including phenoxy) is 1. The first-order chi connectivity index (χ1) is 9.61. The van der Waals surface area contributed by atoms with Crippen molar-refractivity contribution in [2.24, 2.45) is 0 Å². The lowest BCUT2D eigenvalue weighted by Crippen LogP contribution is -2.14. The predicted octanol–water partition coefficient (Wildman–Crippen LogP) is 2.26. The first kappa shape index (κ1) is 13.7. The summed E-state index contributed by atoms with van der Waals surface area (Å²) in [5, 5.41) is 2.51. The standard InChI is InChI=1S/C14H11FN2O3/c1-20-14(19)9-4-6-10(7-5-9)17-13(18)11-3-2-8-16-12(11)15/h2-8H,1H3,(H,17,18). The van der Waals surface area contributed by atoms with Crippen LogP contribution in [0.3, 0.4) is 0 Å². The number of nitrogens with one attached hydrogen (secondary N) is 1. The van der Waals surface area contributed by atoms with E-state index in [2.05, 4.69) is 15.0 Å². The fourth-order valence-electron chi connectivity index (χ4n) is 1.56. The highest BCUT2D eigenvalue weighted by atomic mass is 19.1. The summed E-state index contributed by atoms with van der Waals surface area (Å²) < 4.78 is 17.9. The molecule has 0 atom stereocenters. The van der Waals surface area contributed by atoms with E-state index in [0.717, 1.165) is 0 Å². The largest absolute Gasteiger partial charge is 0.465 e. The summed E-state index contributed by atoms with van der Waals surface area (Å²) in [5.41, 5.74) is 0.647. The molecule has 1 N–H and O–H groups in total. The molecule has 0 aliphatic rings. The summed E-state index contributed by atoms with van der Waals surface area (Å²) in [5.74, 6) is -1.92. The summed E-state index contributed by atoms with van der Waals surface area (Å²) in [7, 11) is 1.28. The molecule has 6 heteroatoms. The van der Waals surface area contributed by atoms with Gasteiger partial charge in [0.25, 0.3) is 5.91 Å². The summed E-state index contributed by atoms with van der Waals surface area (Å²) in [6, 6.07) is 8.86. The molecule has 0 spiro atoms. The van der Waals surface area contributed by atoms with Gasteiger partial charge in [-0.2, -0.15) is 4.39 Å². The first-order valence-corrected chi connectivity index (χ1v) is 5.72. The van der Waals surface area contributed by atoms with Crippen molar-refractivity contribution in [2.45, 2.75) is 0 Å². The van der Waals surface area contributed by atoms with Crippen molar-refractivity contribution in [3.63, 3.8) is 0 Å². The third-order valence-electron chi connectivity index (χ3n) is 2.57. The fraction of sp³-hybridized carbons (Fsp3) is 0.0714. The zero-order valence-electron chi connectivity index (χ0n) is 10.6. The molecule has 0 bridgehead atoms. The van der Waals surface area contributed by atoms with Gasteiger partial charge in [-0.15, -0.1) is 0 Å². The molecule has 5 nitrogen and oxygen atoms in total. The van der Waals surface area contributed by atoms with Crippen LogP contribution in [0.25, 0.3) is 0 Å². The van der Waals surface area contributed by atoms with Gasteiger partial charge in [-0.3, -0.25) is 4.79 Å². The number of aromatic nitrogens is 1. The van der Waals surface area contributed by atoms with Crippen LogP contribution >= 0.6 is 0 Å². The van der Waals surface area contributed by atoms with Crippen molar-refractivity contribution in [2.75, 3.05) is 12.4 Å². The minimum atomic E-state index is -0.837. The van der Waals surface area contributed by atoms with Crippen LogP contribution in [0.1, 0.15) is 20.7 Å². The normalized spacial score (nSPS) is 9.90. The lowest BCUT2D eigenvalue weighted by molar-refractivity contribution is 0.0600. The smallest absolute Gasteiger partial charge is 0.337 e. The average Bonchev–Trinajstić information content (AvgIpc) is 2.47. The number of benzene rings is 1. The second-order valence-electron chi connectivity index (χ2n) is 3.86. The number of rotatable bonds is 3. The Balaban J connectivity index is 2.13. The Morgan fingerprint density at radius 1 is 1.20 bits per heavy atom. The van der Waals surface area contributed by atoms with Gasteiger partial charge in [0.1, 0.15) is 0 Å². The van der Waals surface area contributed by atoms with Crippen molar-refractivity contribution >= 4 is 17.6 Å². The highest BCUT2D eigenvalue weighted by molar-refractivity contribution is 6.04. The van der Waals surface area contributed by atoms with Crippen LogP contribution in [0.4, 0.5) is 10.1 Å². The van der Waals surface area contributed by atoms with E-state index in [1.165, 1.54) is 49.7 Å². The number of carbonyl (C=O) groups is 2. The minimum Gasteiger partial charge on any atom is -0.465 e. The van der Waals surface area contributed by atoms with E-state index in [1.807, 2.05) is 0 Å². The molecule has 0 fully saturated rings. The number of carbonyl (C=O) groups excluding carboxylic acids is 2. The SMILES string of the molecule is COC(=O)c1ccc(NC(=O)c2cccnc2F)cc1. The number of methoxy groups -OCH3 is 1. The molecular formula is C14H11FN2O3. The highest BCUT2D eigenvalue weighted by Gasteiger charge is 2.12. The van der Waals surface area contributed by atoms with E-state index in [1.54, 1.807) is 0 Å². The Kier molecular flexibility index (Phi) is 4.05. The number of pyridine rings is 1. The van der Waals surface area contributed by atoms with Crippen molar-refractivity contribution in [3.8, 4) is 0 Å². The summed E-state index contributed by atoms with van der Waals surface area (Å²) in [6.07, 6.45) is 1.26. The molecule has 2 aromatic rings. The molecule has 1 heterocycles. The highest BCUT2D eigenvalue weighted by Crippen LogP contribution is 2.12. The molecule has 0 saturated carbocycles. The molecular weight excluding hydrogens is 263 g/mol. The topological polar surface area (TPSA) is 68.3 Å². The van der Waals surface area contributed by atoms with Crippen molar-refractivity contribution in [1.29, 1.82) is 0 Å². The Morgan fingerprint density at radius 3 is 2.50 bits per heavy atom. The van der Waals surface area contributed by atoms with Gasteiger partial charge in [-0.05, 0) is 36.4 Å². The van der Waals surface area contributed by atoms with Gasteiger partial charge in [0.2, 0.25) is 5.95 Å². The number of amides is 1. The van der Waals surface area contributed by atoms with Crippen LogP contribution in [-0.2, 0) is 4.74 Å². The van der Waals surface area contributed by atoms with Gasteiger partial charge < -0.3 is 10.1 Å². The third kappa shape index (κ3) is 2.97. The van der Waals surface area contributed by atoms with Crippen molar-refractivity contribution < 1.29 is 18.7 Å². The maximum absolute atomic E-state index is 13.3. The van der Waals surface area contributed by atoms with Gasteiger partial charge >= 0.3 is 5.97 Å². The summed E-state index contributed by atoms with van der Waals surface area (Å²) in [6.45, 7) is 0. The van der Waals surface area contributed by atoms with Crippen LogP contribution in [-0.4, -0.2) is 24.0 Å². The molecule has 20 heavy (non-hydrogen) atoms. The number of nitrogens with zero attached hydrogens (tertiary/aromatic N) is 1. The zero-order chi connectivity index (χ0) is 14.5. The van der Waals surface area contributed by atoms with E-state index in [9.17, 15) is 14.0 Å². The van der Waals surface area contributed by atoms with Gasteiger partial charge in [-0.1, -0.05) is 0 Å². The molecule has 0 aliphatic carbocycles. The molecule has 0 aliphatic heterocycles. The van der Waals surface area contributed by atoms with E-state index in [4.69, 9.17) is 0 Å². The molecule has 0 unspecified atom stereocenters. The number of hydrogen-bond donors (Lipinski definition) is 1. The maximum Gasteiger partial charge on any atom is 0.337 e. The second kappa shape index (κ2) is 5.92. The average molecular weight is 274 g/mol. The van der Waals surface area contributed by atoms with Crippen LogP contribution in [0, 0.1) is 5.95 Å². The van der Waals surface area contributed by atoms with Crippen molar-refractivity contribution in [3.05, 3.63) is 59.7 Å². The molecule has 102 valence electrons. The summed E-state index contributed by atoms with van der Waals surface area (Å²) >= 11 is 0.